The van der Waals surface area contributed by atoms with Crippen molar-refractivity contribution in [2.45, 2.75) is 83.3 Å². The number of piperidine rings is 1. The fraction of sp³-hybridized carbons (Fsp3) is 0.481. The average Bonchev–Trinajstić information content (AvgIpc) is 3.46. The van der Waals surface area contributed by atoms with E-state index in [-0.39, 0.29) is 35.9 Å². The molecule has 9 nitrogen and oxygen atoms in total. The van der Waals surface area contributed by atoms with Crippen LogP contribution in [-0.4, -0.2) is 60.2 Å². The number of aromatic nitrogens is 3. The standard InChI is InChI=1S/C27H29ClFN5O4/c1-27(2,3)38-26(36)34-17-5-6-18(34)10-19(9-17)37-23-8-16(29)4-7-20(23)25(35)32-13-21-22(14-32)31-33-12-15(28)11-30-24(21)33/h4,7-8,11-12,17-19H,5-6,9-10,13-14H2,1-3H3/t17-,18+,19?. The van der Waals surface area contributed by atoms with E-state index in [1.54, 1.807) is 21.8 Å². The van der Waals surface area contributed by atoms with Crippen molar-refractivity contribution < 1.29 is 23.5 Å². The Bertz CT molecular complexity index is 1420. The van der Waals surface area contributed by atoms with Gasteiger partial charge in [0.2, 0.25) is 0 Å². The summed E-state index contributed by atoms with van der Waals surface area (Å²) in [6, 6.07) is 4.00. The van der Waals surface area contributed by atoms with Crippen molar-refractivity contribution >= 4 is 29.2 Å². The Morgan fingerprint density at radius 3 is 2.58 bits per heavy atom. The number of carbonyl (C=O) groups is 2. The molecule has 1 unspecified atom stereocenters. The van der Waals surface area contributed by atoms with Gasteiger partial charge in [-0.1, -0.05) is 11.6 Å². The molecule has 0 spiro atoms. The smallest absolute Gasteiger partial charge is 0.410 e. The van der Waals surface area contributed by atoms with Gasteiger partial charge in [0.25, 0.3) is 5.91 Å². The number of benzene rings is 1. The quantitative estimate of drug-likeness (QED) is 0.464. The van der Waals surface area contributed by atoms with Gasteiger partial charge in [0.05, 0.1) is 35.6 Å². The Labute approximate surface area is 224 Å². The number of ether oxygens (including phenoxy) is 2. The summed E-state index contributed by atoms with van der Waals surface area (Å²) in [6.07, 6.45) is 5.62. The minimum atomic E-state index is -0.567. The summed E-state index contributed by atoms with van der Waals surface area (Å²) in [6.45, 7) is 6.21. The first-order valence-electron chi connectivity index (χ1n) is 12.8. The number of carbonyl (C=O) groups excluding carboxylic acids is 2. The minimum Gasteiger partial charge on any atom is -0.489 e. The van der Waals surface area contributed by atoms with Crippen LogP contribution < -0.4 is 4.74 Å². The van der Waals surface area contributed by atoms with E-state index in [1.807, 2.05) is 25.7 Å². The van der Waals surface area contributed by atoms with Crippen molar-refractivity contribution in [1.29, 1.82) is 0 Å². The molecule has 2 aromatic heterocycles. The van der Waals surface area contributed by atoms with Crippen LogP contribution in [0.25, 0.3) is 5.65 Å². The van der Waals surface area contributed by atoms with Crippen LogP contribution in [0.2, 0.25) is 5.02 Å². The zero-order valence-electron chi connectivity index (χ0n) is 21.5. The molecule has 38 heavy (non-hydrogen) atoms. The van der Waals surface area contributed by atoms with Crippen molar-refractivity contribution in [2.75, 3.05) is 0 Å². The maximum absolute atomic E-state index is 14.3. The van der Waals surface area contributed by atoms with Crippen molar-refractivity contribution in [3.8, 4) is 5.75 Å². The van der Waals surface area contributed by atoms with E-state index >= 15 is 0 Å². The number of amides is 2. The molecular formula is C27H29ClFN5O4. The van der Waals surface area contributed by atoms with Gasteiger partial charge in [-0.15, -0.1) is 0 Å². The number of nitrogens with zero attached hydrogens (tertiary/aromatic N) is 5. The molecule has 11 heteroatoms. The van der Waals surface area contributed by atoms with Crippen molar-refractivity contribution in [2.24, 2.45) is 0 Å². The predicted molar refractivity (Wildman–Crippen MR) is 137 cm³/mol. The van der Waals surface area contributed by atoms with E-state index in [0.29, 0.717) is 42.2 Å². The Morgan fingerprint density at radius 2 is 1.87 bits per heavy atom. The monoisotopic (exact) mass is 541 g/mol. The van der Waals surface area contributed by atoms with Crippen LogP contribution in [0.1, 0.15) is 68.1 Å². The van der Waals surface area contributed by atoms with Gasteiger partial charge in [-0.3, -0.25) is 4.79 Å². The van der Waals surface area contributed by atoms with Crippen LogP contribution in [0.4, 0.5) is 9.18 Å². The van der Waals surface area contributed by atoms with Gasteiger partial charge in [0.1, 0.15) is 23.3 Å². The van der Waals surface area contributed by atoms with Gasteiger partial charge in [-0.2, -0.15) is 5.10 Å². The summed E-state index contributed by atoms with van der Waals surface area (Å²) in [4.78, 5) is 34.2. The zero-order chi connectivity index (χ0) is 26.8. The lowest BCUT2D eigenvalue weighted by atomic mass is 10.00. The van der Waals surface area contributed by atoms with Gasteiger partial charge in [-0.25, -0.2) is 18.7 Å². The van der Waals surface area contributed by atoms with Crippen molar-refractivity contribution in [3.05, 3.63) is 58.3 Å². The Morgan fingerprint density at radius 1 is 1.13 bits per heavy atom. The maximum atomic E-state index is 14.3. The van der Waals surface area contributed by atoms with Crippen molar-refractivity contribution in [1.82, 2.24) is 24.4 Å². The lowest BCUT2D eigenvalue weighted by Crippen LogP contribution is -2.50. The van der Waals surface area contributed by atoms with E-state index in [9.17, 15) is 14.0 Å². The second-order valence-corrected chi connectivity index (χ2v) is 11.7. The van der Waals surface area contributed by atoms with E-state index in [2.05, 4.69) is 10.1 Å². The SMILES string of the molecule is CC(C)(C)OC(=O)N1[C@@H]2CC[C@H]1CC(Oc1cc(F)ccc1C(=O)N1Cc3nn4cc(Cl)cnc4c3C1)C2. The molecule has 1 aromatic carbocycles. The lowest BCUT2D eigenvalue weighted by molar-refractivity contribution is -0.00717. The summed E-state index contributed by atoms with van der Waals surface area (Å²) >= 11 is 6.02. The zero-order valence-corrected chi connectivity index (χ0v) is 22.2. The molecule has 2 bridgehead atoms. The Hall–Kier alpha value is -3.40. The second-order valence-electron chi connectivity index (χ2n) is 11.3. The first kappa shape index (κ1) is 24.9. The summed E-state index contributed by atoms with van der Waals surface area (Å²) < 4.78 is 27.8. The molecule has 200 valence electrons. The number of rotatable bonds is 3. The first-order chi connectivity index (χ1) is 18.1. The number of halogens is 2. The number of hydrogen-bond acceptors (Lipinski definition) is 6. The summed E-state index contributed by atoms with van der Waals surface area (Å²) in [5.74, 6) is -0.526. The third-order valence-electron chi connectivity index (χ3n) is 7.36. The highest BCUT2D eigenvalue weighted by molar-refractivity contribution is 6.30. The first-order valence-corrected chi connectivity index (χ1v) is 13.2. The van der Waals surface area contributed by atoms with Gasteiger partial charge < -0.3 is 19.3 Å². The molecule has 5 heterocycles. The molecule has 3 atom stereocenters. The highest BCUT2D eigenvalue weighted by Crippen LogP contribution is 2.39. The highest BCUT2D eigenvalue weighted by Gasteiger charge is 2.46. The Balaban J connectivity index is 1.18. The van der Waals surface area contributed by atoms with Crippen LogP contribution in [0.5, 0.6) is 5.75 Å². The van der Waals surface area contributed by atoms with E-state index in [1.165, 1.54) is 18.2 Å². The van der Waals surface area contributed by atoms with E-state index < -0.39 is 11.4 Å². The molecule has 0 N–H and O–H groups in total. The topological polar surface area (TPSA) is 89.3 Å². The predicted octanol–water partition coefficient (Wildman–Crippen LogP) is 4.99. The van der Waals surface area contributed by atoms with Crippen LogP contribution in [-0.2, 0) is 17.8 Å². The largest absolute Gasteiger partial charge is 0.489 e. The molecule has 0 radical (unpaired) electrons. The average molecular weight is 542 g/mol. The van der Waals surface area contributed by atoms with E-state index in [4.69, 9.17) is 21.1 Å². The van der Waals surface area contributed by atoms with Gasteiger partial charge >= 0.3 is 6.09 Å². The summed E-state index contributed by atoms with van der Waals surface area (Å²) in [5, 5.41) is 5.00. The van der Waals surface area contributed by atoms with Crippen LogP contribution in [0, 0.1) is 5.82 Å². The molecular weight excluding hydrogens is 513 g/mol. The fourth-order valence-corrected chi connectivity index (χ4v) is 5.96. The van der Waals surface area contributed by atoms with Crippen molar-refractivity contribution in [3.63, 3.8) is 0 Å². The molecule has 2 amide bonds. The molecule has 2 fully saturated rings. The number of hydrogen-bond donors (Lipinski definition) is 0. The third-order valence-corrected chi connectivity index (χ3v) is 7.55. The molecule has 0 aliphatic carbocycles. The highest BCUT2D eigenvalue weighted by atomic mass is 35.5. The van der Waals surface area contributed by atoms with E-state index in [0.717, 1.165) is 24.1 Å². The molecule has 6 rings (SSSR count). The molecule has 3 aliphatic heterocycles. The normalized spacial score (nSPS) is 22.6. The maximum Gasteiger partial charge on any atom is 0.410 e. The Kier molecular flexibility index (Phi) is 5.97. The third kappa shape index (κ3) is 4.55. The minimum absolute atomic E-state index is 0.00718. The van der Waals surface area contributed by atoms with Gasteiger partial charge in [0.15, 0.2) is 5.65 Å². The van der Waals surface area contributed by atoms with Crippen LogP contribution in [0.3, 0.4) is 0 Å². The fourth-order valence-electron chi connectivity index (χ4n) is 5.82. The van der Waals surface area contributed by atoms with Crippen LogP contribution >= 0.6 is 11.6 Å². The molecule has 0 saturated carbocycles. The summed E-state index contributed by atoms with van der Waals surface area (Å²) in [7, 11) is 0. The second kappa shape index (κ2) is 9.11. The molecule has 3 aromatic rings. The van der Waals surface area contributed by atoms with Gasteiger partial charge in [-0.05, 0) is 45.7 Å². The van der Waals surface area contributed by atoms with Crippen LogP contribution in [0.15, 0.2) is 30.6 Å². The molecule has 2 saturated heterocycles. The lowest BCUT2D eigenvalue weighted by Gasteiger charge is -2.39. The summed E-state index contributed by atoms with van der Waals surface area (Å²) in [5.41, 5.74) is 2.01. The number of fused-ring (bicyclic) bond motifs is 5. The van der Waals surface area contributed by atoms with Gasteiger partial charge in [0, 0.05) is 42.8 Å². The molecule has 3 aliphatic rings.